The Morgan fingerprint density at radius 1 is 1.23 bits per heavy atom. The van der Waals surface area contributed by atoms with Crippen molar-refractivity contribution in [2.45, 2.75) is 83.3 Å². The summed E-state index contributed by atoms with van der Waals surface area (Å²) in [6, 6.07) is 0.452. The summed E-state index contributed by atoms with van der Waals surface area (Å²) in [7, 11) is 1.80. The van der Waals surface area contributed by atoms with Gasteiger partial charge in [0.2, 0.25) is 0 Å². The van der Waals surface area contributed by atoms with Gasteiger partial charge in [-0.1, -0.05) is 32.1 Å². The summed E-state index contributed by atoms with van der Waals surface area (Å²) in [5, 5.41) is 6.97. The van der Waals surface area contributed by atoms with Crippen LogP contribution in [0.3, 0.4) is 0 Å². The molecule has 1 aliphatic carbocycles. The first-order valence-electron chi connectivity index (χ1n) is 10.3. The Morgan fingerprint density at radius 2 is 1.92 bits per heavy atom. The number of ether oxygens (including phenoxy) is 2. The Hall–Kier alpha value is -0.0800. The van der Waals surface area contributed by atoms with Crippen LogP contribution in [0.25, 0.3) is 0 Å². The van der Waals surface area contributed by atoms with Crippen LogP contribution in [0.2, 0.25) is 0 Å². The summed E-state index contributed by atoms with van der Waals surface area (Å²) in [5.74, 6) is 1.86. The number of hydrogen-bond acceptors (Lipinski definition) is 3. The van der Waals surface area contributed by atoms with E-state index in [-0.39, 0.29) is 29.6 Å². The number of nitrogens with zero attached hydrogens (tertiary/aromatic N) is 1. The van der Waals surface area contributed by atoms with Gasteiger partial charge in [-0.25, -0.2) is 0 Å². The molecule has 0 spiro atoms. The van der Waals surface area contributed by atoms with Crippen molar-refractivity contribution in [3.63, 3.8) is 0 Å². The van der Waals surface area contributed by atoms with E-state index in [0.29, 0.717) is 12.6 Å². The Morgan fingerprint density at radius 3 is 2.54 bits per heavy atom. The molecule has 26 heavy (non-hydrogen) atoms. The predicted molar refractivity (Wildman–Crippen MR) is 120 cm³/mol. The fourth-order valence-electron chi connectivity index (χ4n) is 3.98. The predicted octanol–water partition coefficient (Wildman–Crippen LogP) is 4.10. The second-order valence-corrected chi connectivity index (χ2v) is 7.82. The number of aliphatic imine (C=N–C) groups is 1. The van der Waals surface area contributed by atoms with Gasteiger partial charge in [-0.2, -0.15) is 0 Å². The largest absolute Gasteiger partial charge is 0.381 e. The van der Waals surface area contributed by atoms with Gasteiger partial charge in [0.1, 0.15) is 0 Å². The Balaban J connectivity index is 0.00000338. The van der Waals surface area contributed by atoms with E-state index in [9.17, 15) is 0 Å². The summed E-state index contributed by atoms with van der Waals surface area (Å²) in [4.78, 5) is 4.83. The van der Waals surface area contributed by atoms with Crippen LogP contribution in [0.15, 0.2) is 4.99 Å². The van der Waals surface area contributed by atoms with Crippen molar-refractivity contribution in [3.8, 4) is 0 Å². The Labute approximate surface area is 177 Å². The molecule has 2 fully saturated rings. The van der Waals surface area contributed by atoms with Gasteiger partial charge in [0, 0.05) is 45.8 Å². The highest BCUT2D eigenvalue weighted by atomic mass is 127. The highest BCUT2D eigenvalue weighted by Crippen LogP contribution is 2.28. The molecule has 2 aliphatic rings. The maximum Gasteiger partial charge on any atom is 0.191 e. The third kappa shape index (κ3) is 8.30. The van der Waals surface area contributed by atoms with Gasteiger partial charge in [0.15, 0.2) is 5.96 Å². The maximum absolute atomic E-state index is 5.80. The van der Waals surface area contributed by atoms with Crippen LogP contribution in [0.5, 0.6) is 0 Å². The van der Waals surface area contributed by atoms with Crippen LogP contribution in [-0.2, 0) is 9.47 Å². The molecule has 1 saturated carbocycles. The molecule has 0 radical (unpaired) electrons. The molecular formula is C20H40IN3O2. The fourth-order valence-corrected chi connectivity index (χ4v) is 3.98. The Bertz CT molecular complexity index is 395. The third-order valence-electron chi connectivity index (χ3n) is 5.82. The average molecular weight is 481 g/mol. The lowest BCUT2D eigenvalue weighted by Gasteiger charge is -2.34. The first-order valence-corrected chi connectivity index (χ1v) is 10.3. The molecule has 1 atom stereocenters. The molecule has 2 rings (SSSR count). The van der Waals surface area contributed by atoms with E-state index in [1.54, 1.807) is 7.11 Å². The number of methoxy groups -OCH3 is 1. The van der Waals surface area contributed by atoms with Gasteiger partial charge in [-0.15, -0.1) is 24.0 Å². The quantitative estimate of drug-likeness (QED) is 0.311. The first kappa shape index (κ1) is 24.0. The van der Waals surface area contributed by atoms with Crippen LogP contribution in [0.1, 0.15) is 71.6 Å². The molecule has 0 aromatic rings. The second kappa shape index (κ2) is 13.2. The molecule has 1 saturated heterocycles. The zero-order chi connectivity index (χ0) is 18.0. The van der Waals surface area contributed by atoms with Crippen molar-refractivity contribution < 1.29 is 9.47 Å². The number of halogens is 1. The molecule has 1 heterocycles. The highest BCUT2D eigenvalue weighted by molar-refractivity contribution is 14.0. The van der Waals surface area contributed by atoms with Crippen LogP contribution in [0.4, 0.5) is 0 Å². The third-order valence-corrected chi connectivity index (χ3v) is 5.82. The van der Waals surface area contributed by atoms with Gasteiger partial charge in [0.05, 0.1) is 12.1 Å². The van der Waals surface area contributed by atoms with E-state index >= 15 is 0 Å². The lowest BCUT2D eigenvalue weighted by atomic mass is 9.85. The topological polar surface area (TPSA) is 54.9 Å². The van der Waals surface area contributed by atoms with Crippen molar-refractivity contribution >= 4 is 29.9 Å². The fraction of sp³-hybridized carbons (Fsp3) is 0.950. The number of nitrogens with one attached hydrogen (secondary N) is 2. The summed E-state index contributed by atoms with van der Waals surface area (Å²) in [6.07, 6.45) is 11.6. The molecule has 6 heteroatoms. The van der Waals surface area contributed by atoms with Gasteiger partial charge in [0.25, 0.3) is 0 Å². The van der Waals surface area contributed by atoms with E-state index in [1.807, 2.05) is 0 Å². The van der Waals surface area contributed by atoms with Crippen molar-refractivity contribution in [2.24, 2.45) is 10.9 Å². The van der Waals surface area contributed by atoms with Crippen LogP contribution < -0.4 is 10.6 Å². The number of guanidine groups is 1. The van der Waals surface area contributed by atoms with Gasteiger partial charge < -0.3 is 20.1 Å². The molecule has 5 nitrogen and oxygen atoms in total. The lowest BCUT2D eigenvalue weighted by molar-refractivity contribution is -0.0828. The molecule has 0 bridgehead atoms. The van der Waals surface area contributed by atoms with E-state index < -0.39 is 0 Å². The normalized spacial score (nSPS) is 22.3. The van der Waals surface area contributed by atoms with Crippen molar-refractivity contribution in [1.82, 2.24) is 10.6 Å². The molecule has 0 aromatic heterocycles. The van der Waals surface area contributed by atoms with Crippen LogP contribution in [0, 0.1) is 5.92 Å². The molecular weight excluding hydrogens is 441 g/mol. The monoisotopic (exact) mass is 481 g/mol. The smallest absolute Gasteiger partial charge is 0.191 e. The summed E-state index contributed by atoms with van der Waals surface area (Å²) < 4.78 is 11.3. The van der Waals surface area contributed by atoms with Crippen molar-refractivity contribution in [3.05, 3.63) is 0 Å². The van der Waals surface area contributed by atoms with E-state index in [2.05, 4.69) is 24.5 Å². The van der Waals surface area contributed by atoms with Crippen LogP contribution in [-0.4, -0.2) is 51.0 Å². The SMILES string of the molecule is CCNC(=NCC1(OC)CCOCC1)NC(C)CCC1CCCCC1.I. The zero-order valence-electron chi connectivity index (χ0n) is 17.0. The minimum absolute atomic E-state index is 0. The van der Waals surface area contributed by atoms with Gasteiger partial charge in [-0.3, -0.25) is 4.99 Å². The van der Waals surface area contributed by atoms with E-state index in [0.717, 1.165) is 44.5 Å². The van der Waals surface area contributed by atoms with Crippen molar-refractivity contribution in [1.29, 1.82) is 0 Å². The molecule has 0 amide bonds. The molecule has 1 aliphatic heterocycles. The van der Waals surface area contributed by atoms with Gasteiger partial charge >= 0.3 is 0 Å². The minimum atomic E-state index is -0.161. The van der Waals surface area contributed by atoms with E-state index in [1.165, 1.54) is 44.9 Å². The second-order valence-electron chi connectivity index (χ2n) is 7.82. The van der Waals surface area contributed by atoms with Gasteiger partial charge in [-0.05, 0) is 32.6 Å². The maximum atomic E-state index is 5.80. The van der Waals surface area contributed by atoms with Crippen LogP contribution >= 0.6 is 24.0 Å². The standard InChI is InChI=1S/C20H39N3O2.HI/c1-4-21-19(22-16-20(24-3)12-14-25-15-13-20)23-17(2)10-11-18-8-6-5-7-9-18;/h17-18H,4-16H2,1-3H3,(H2,21,22,23);1H. The lowest BCUT2D eigenvalue weighted by Crippen LogP contribution is -2.45. The average Bonchev–Trinajstić information content (AvgIpc) is 2.66. The molecule has 0 aromatic carbocycles. The molecule has 154 valence electrons. The summed E-state index contributed by atoms with van der Waals surface area (Å²) >= 11 is 0. The summed E-state index contributed by atoms with van der Waals surface area (Å²) in [6.45, 7) is 7.50. The first-order chi connectivity index (χ1) is 12.2. The Kier molecular flexibility index (Phi) is 12.1. The number of hydrogen-bond donors (Lipinski definition) is 2. The highest BCUT2D eigenvalue weighted by Gasteiger charge is 2.32. The van der Waals surface area contributed by atoms with Crippen molar-refractivity contribution in [2.75, 3.05) is 33.4 Å². The summed E-state index contributed by atoms with van der Waals surface area (Å²) in [5.41, 5.74) is -0.161. The zero-order valence-corrected chi connectivity index (χ0v) is 19.3. The minimum Gasteiger partial charge on any atom is -0.381 e. The molecule has 2 N–H and O–H groups in total. The number of rotatable bonds is 8. The van der Waals surface area contributed by atoms with E-state index in [4.69, 9.17) is 14.5 Å². The molecule has 1 unspecified atom stereocenters.